The summed E-state index contributed by atoms with van der Waals surface area (Å²) >= 11 is 0. The third kappa shape index (κ3) is 2.44. The summed E-state index contributed by atoms with van der Waals surface area (Å²) in [4.78, 5) is 12.3. The van der Waals surface area contributed by atoms with Crippen molar-refractivity contribution in [2.45, 2.75) is 64.7 Å². The fourth-order valence-corrected chi connectivity index (χ4v) is 4.63. The molecule has 0 aromatic rings. The highest BCUT2D eigenvalue weighted by Gasteiger charge is 2.40. The van der Waals surface area contributed by atoms with Crippen molar-refractivity contribution < 1.29 is 4.79 Å². The van der Waals surface area contributed by atoms with E-state index in [2.05, 4.69) is 6.92 Å². The molecule has 0 aromatic carbocycles. The highest BCUT2D eigenvalue weighted by atomic mass is 16.1. The molecule has 96 valence electrons. The van der Waals surface area contributed by atoms with Gasteiger partial charge in [0.05, 0.1) is 0 Å². The van der Waals surface area contributed by atoms with Crippen molar-refractivity contribution in [2.24, 2.45) is 29.6 Å². The van der Waals surface area contributed by atoms with Crippen molar-refractivity contribution in [3.63, 3.8) is 0 Å². The third-order valence-electron chi connectivity index (χ3n) is 5.82. The molecule has 1 heteroatoms. The third-order valence-corrected chi connectivity index (χ3v) is 5.82. The predicted molar refractivity (Wildman–Crippen MR) is 69.7 cm³/mol. The molecule has 2 bridgehead atoms. The highest BCUT2D eigenvalue weighted by Crippen LogP contribution is 2.50. The van der Waals surface area contributed by atoms with Crippen molar-refractivity contribution >= 4 is 5.78 Å². The molecule has 0 spiro atoms. The molecular weight excluding hydrogens is 208 g/mol. The van der Waals surface area contributed by atoms with Crippen LogP contribution >= 0.6 is 0 Å². The summed E-state index contributed by atoms with van der Waals surface area (Å²) in [5.74, 6) is 4.61. The average Bonchev–Trinajstić information content (AvgIpc) is 2.91. The Bertz CT molecular complexity index is 288. The molecule has 1 nitrogen and oxygen atoms in total. The van der Waals surface area contributed by atoms with Gasteiger partial charge in [0, 0.05) is 12.3 Å². The summed E-state index contributed by atoms with van der Waals surface area (Å²) in [7, 11) is 0. The Morgan fingerprint density at radius 2 is 1.76 bits per heavy atom. The Kier molecular flexibility index (Phi) is 3.28. The topological polar surface area (TPSA) is 17.1 Å². The van der Waals surface area contributed by atoms with Crippen LogP contribution in [0.25, 0.3) is 0 Å². The fraction of sp³-hybridized carbons (Fsp3) is 0.938. The number of carbonyl (C=O) groups excluding carboxylic acids is 1. The average molecular weight is 234 g/mol. The normalized spacial score (nSPS) is 45.1. The van der Waals surface area contributed by atoms with Crippen LogP contribution in [0.2, 0.25) is 0 Å². The fourth-order valence-electron chi connectivity index (χ4n) is 4.63. The molecule has 0 radical (unpaired) electrons. The zero-order chi connectivity index (χ0) is 11.8. The Labute approximate surface area is 105 Å². The first-order valence-corrected chi connectivity index (χ1v) is 7.75. The number of ketones is 1. The molecular formula is C16H26O. The summed E-state index contributed by atoms with van der Waals surface area (Å²) < 4.78 is 0. The van der Waals surface area contributed by atoms with E-state index in [1.165, 1.54) is 51.4 Å². The van der Waals surface area contributed by atoms with E-state index in [0.29, 0.717) is 11.7 Å². The van der Waals surface area contributed by atoms with Crippen molar-refractivity contribution in [1.29, 1.82) is 0 Å². The van der Waals surface area contributed by atoms with Gasteiger partial charge in [-0.25, -0.2) is 0 Å². The number of Topliss-reactive ketones (excluding diaryl/α,β-unsaturated/α-hetero) is 1. The smallest absolute Gasteiger partial charge is 0.136 e. The number of carbonyl (C=O) groups is 1. The first-order valence-electron chi connectivity index (χ1n) is 7.75. The molecule has 17 heavy (non-hydrogen) atoms. The van der Waals surface area contributed by atoms with Gasteiger partial charge in [-0.15, -0.1) is 0 Å². The molecule has 0 aliphatic heterocycles. The van der Waals surface area contributed by atoms with Gasteiger partial charge in [0.15, 0.2) is 0 Å². The van der Waals surface area contributed by atoms with E-state index in [-0.39, 0.29) is 0 Å². The van der Waals surface area contributed by atoms with Crippen LogP contribution in [0.1, 0.15) is 64.7 Å². The Morgan fingerprint density at radius 3 is 2.35 bits per heavy atom. The maximum atomic E-state index is 12.3. The van der Waals surface area contributed by atoms with E-state index in [9.17, 15) is 4.79 Å². The lowest BCUT2D eigenvalue weighted by Crippen LogP contribution is -2.24. The molecule has 3 fully saturated rings. The SMILES string of the molecule is CC1CCC(C(=O)CC2CC3CCC2C3)CC1. The maximum Gasteiger partial charge on any atom is 0.136 e. The van der Waals surface area contributed by atoms with Gasteiger partial charge in [0.1, 0.15) is 5.78 Å². The number of hydrogen-bond acceptors (Lipinski definition) is 1. The van der Waals surface area contributed by atoms with Gasteiger partial charge < -0.3 is 0 Å². The Hall–Kier alpha value is -0.330. The summed E-state index contributed by atoms with van der Waals surface area (Å²) in [6.45, 7) is 2.33. The van der Waals surface area contributed by atoms with E-state index in [1.807, 2.05) is 0 Å². The van der Waals surface area contributed by atoms with Crippen molar-refractivity contribution in [3.05, 3.63) is 0 Å². The van der Waals surface area contributed by atoms with E-state index in [4.69, 9.17) is 0 Å². The minimum atomic E-state index is 0.435. The minimum absolute atomic E-state index is 0.435. The predicted octanol–water partition coefficient (Wildman–Crippen LogP) is 4.21. The molecule has 0 saturated heterocycles. The molecule has 3 aliphatic carbocycles. The van der Waals surface area contributed by atoms with Gasteiger partial charge in [-0.1, -0.05) is 26.2 Å². The molecule has 3 rings (SSSR count). The van der Waals surface area contributed by atoms with Crippen LogP contribution in [-0.4, -0.2) is 5.78 Å². The van der Waals surface area contributed by atoms with Gasteiger partial charge in [-0.05, 0) is 55.8 Å². The molecule has 0 aromatic heterocycles. The summed E-state index contributed by atoms with van der Waals surface area (Å²) in [5.41, 5.74) is 0. The van der Waals surface area contributed by atoms with Gasteiger partial charge in [-0.3, -0.25) is 4.79 Å². The summed E-state index contributed by atoms with van der Waals surface area (Å²) in [6, 6.07) is 0. The zero-order valence-electron chi connectivity index (χ0n) is 11.2. The van der Waals surface area contributed by atoms with Crippen LogP contribution < -0.4 is 0 Å². The lowest BCUT2D eigenvalue weighted by atomic mass is 9.77. The van der Waals surface area contributed by atoms with Crippen LogP contribution in [0.4, 0.5) is 0 Å². The number of hydrogen-bond donors (Lipinski definition) is 0. The first kappa shape index (κ1) is 11.7. The van der Waals surface area contributed by atoms with Crippen LogP contribution in [0.5, 0.6) is 0 Å². The molecule has 0 N–H and O–H groups in total. The van der Waals surface area contributed by atoms with Crippen molar-refractivity contribution in [1.82, 2.24) is 0 Å². The van der Waals surface area contributed by atoms with Crippen LogP contribution in [0.15, 0.2) is 0 Å². The quantitative estimate of drug-likeness (QED) is 0.715. The van der Waals surface area contributed by atoms with E-state index in [0.717, 1.165) is 30.1 Å². The lowest BCUT2D eigenvalue weighted by molar-refractivity contribution is -0.125. The van der Waals surface area contributed by atoms with Gasteiger partial charge >= 0.3 is 0 Å². The molecule has 0 amide bonds. The Balaban J connectivity index is 1.50. The summed E-state index contributed by atoms with van der Waals surface area (Å²) in [6.07, 6.45) is 11.6. The second kappa shape index (κ2) is 4.74. The second-order valence-electron chi connectivity index (χ2n) is 7.06. The molecule has 3 saturated carbocycles. The van der Waals surface area contributed by atoms with Crippen LogP contribution in [0.3, 0.4) is 0 Å². The standard InChI is InChI=1S/C16H26O/c1-11-2-5-13(6-3-11)16(17)10-15-9-12-4-7-14(15)8-12/h11-15H,2-10H2,1H3. The molecule has 3 unspecified atom stereocenters. The van der Waals surface area contributed by atoms with Crippen molar-refractivity contribution in [2.75, 3.05) is 0 Å². The van der Waals surface area contributed by atoms with E-state index < -0.39 is 0 Å². The Morgan fingerprint density at radius 1 is 1.00 bits per heavy atom. The van der Waals surface area contributed by atoms with Gasteiger partial charge in [0.2, 0.25) is 0 Å². The molecule has 3 aliphatic rings. The first-order chi connectivity index (χ1) is 8.22. The minimum Gasteiger partial charge on any atom is -0.299 e. The number of fused-ring (bicyclic) bond motifs is 2. The van der Waals surface area contributed by atoms with Crippen LogP contribution in [0, 0.1) is 29.6 Å². The maximum absolute atomic E-state index is 12.3. The zero-order valence-corrected chi connectivity index (χ0v) is 11.2. The second-order valence-corrected chi connectivity index (χ2v) is 7.06. The van der Waals surface area contributed by atoms with Crippen molar-refractivity contribution in [3.8, 4) is 0 Å². The summed E-state index contributed by atoms with van der Waals surface area (Å²) in [5, 5.41) is 0. The number of rotatable bonds is 3. The van der Waals surface area contributed by atoms with E-state index in [1.54, 1.807) is 0 Å². The van der Waals surface area contributed by atoms with Crippen LogP contribution in [-0.2, 0) is 4.79 Å². The van der Waals surface area contributed by atoms with Gasteiger partial charge in [0.25, 0.3) is 0 Å². The van der Waals surface area contributed by atoms with E-state index >= 15 is 0 Å². The highest BCUT2D eigenvalue weighted by molar-refractivity contribution is 5.81. The van der Waals surface area contributed by atoms with Gasteiger partial charge in [-0.2, -0.15) is 0 Å². The monoisotopic (exact) mass is 234 g/mol. The molecule has 0 heterocycles. The lowest BCUT2D eigenvalue weighted by Gasteiger charge is -2.27. The largest absolute Gasteiger partial charge is 0.299 e. The molecule has 3 atom stereocenters.